The molecule has 0 amide bonds. The van der Waals surface area contributed by atoms with E-state index in [2.05, 4.69) is 15.1 Å². The number of rotatable bonds is 4. The van der Waals surface area contributed by atoms with Crippen molar-refractivity contribution >= 4 is 11.6 Å². The molecule has 4 nitrogen and oxygen atoms in total. The Kier molecular flexibility index (Phi) is 4.66. The summed E-state index contributed by atoms with van der Waals surface area (Å²) < 4.78 is 41.4. The van der Waals surface area contributed by atoms with Crippen LogP contribution in [0.15, 0.2) is 42.6 Å². The van der Waals surface area contributed by atoms with E-state index in [1.807, 2.05) is 0 Å². The molecule has 0 radical (unpaired) electrons. The average molecular weight is 318 g/mol. The van der Waals surface area contributed by atoms with Crippen molar-refractivity contribution in [3.8, 4) is 5.75 Å². The first-order chi connectivity index (χ1) is 9.90. The molecule has 0 spiro atoms. The van der Waals surface area contributed by atoms with Gasteiger partial charge in [-0.2, -0.15) is 0 Å². The Morgan fingerprint density at radius 3 is 2.57 bits per heavy atom. The number of nitrogens with two attached hydrogens (primary N) is 1. The van der Waals surface area contributed by atoms with E-state index in [4.69, 9.17) is 17.4 Å². The summed E-state index contributed by atoms with van der Waals surface area (Å²) in [6.45, 7) is 0. The summed E-state index contributed by atoms with van der Waals surface area (Å²) in [5, 5.41) is 0.210. The fraction of sp³-hybridized carbons (Fsp3) is 0.154. The van der Waals surface area contributed by atoms with E-state index >= 15 is 0 Å². The van der Waals surface area contributed by atoms with E-state index in [0.29, 0.717) is 5.56 Å². The van der Waals surface area contributed by atoms with Crippen molar-refractivity contribution in [2.75, 3.05) is 0 Å². The molecule has 1 aromatic heterocycles. The maximum Gasteiger partial charge on any atom is 0.573 e. The molecule has 8 heteroatoms. The van der Waals surface area contributed by atoms with Crippen molar-refractivity contribution in [3.63, 3.8) is 0 Å². The van der Waals surface area contributed by atoms with Gasteiger partial charge < -0.3 is 4.74 Å². The van der Waals surface area contributed by atoms with Crippen LogP contribution in [0.25, 0.3) is 0 Å². The zero-order valence-electron chi connectivity index (χ0n) is 10.6. The van der Waals surface area contributed by atoms with Crippen molar-refractivity contribution in [3.05, 3.63) is 58.9 Å². The molecular formula is C13H11ClF3N3O. The van der Waals surface area contributed by atoms with Crippen molar-refractivity contribution in [2.45, 2.75) is 12.4 Å². The van der Waals surface area contributed by atoms with Crippen molar-refractivity contribution in [2.24, 2.45) is 5.84 Å². The third-order valence-corrected chi connectivity index (χ3v) is 2.91. The first-order valence-electron chi connectivity index (χ1n) is 5.83. The molecule has 0 aliphatic rings. The summed E-state index contributed by atoms with van der Waals surface area (Å²) >= 11 is 5.79. The summed E-state index contributed by atoms with van der Waals surface area (Å²) in [6, 6.07) is 8.13. The van der Waals surface area contributed by atoms with E-state index in [0.717, 1.165) is 0 Å². The zero-order valence-corrected chi connectivity index (χ0v) is 11.3. The van der Waals surface area contributed by atoms with Crippen LogP contribution in [0.2, 0.25) is 5.15 Å². The van der Waals surface area contributed by atoms with Gasteiger partial charge in [0.25, 0.3) is 0 Å². The molecule has 1 heterocycles. The molecule has 2 aromatic rings. The van der Waals surface area contributed by atoms with Gasteiger partial charge in [-0.05, 0) is 23.8 Å². The summed E-state index contributed by atoms with van der Waals surface area (Å²) in [7, 11) is 0. The van der Waals surface area contributed by atoms with Gasteiger partial charge in [-0.15, -0.1) is 13.2 Å². The fourth-order valence-corrected chi connectivity index (χ4v) is 2.08. The third kappa shape index (κ3) is 4.07. The number of nitrogens with zero attached hydrogens (tertiary/aromatic N) is 1. The summed E-state index contributed by atoms with van der Waals surface area (Å²) in [6.07, 6.45) is -3.35. The Hall–Kier alpha value is -1.83. The van der Waals surface area contributed by atoms with E-state index < -0.39 is 12.4 Å². The molecule has 21 heavy (non-hydrogen) atoms. The minimum Gasteiger partial charge on any atom is -0.405 e. The van der Waals surface area contributed by atoms with Gasteiger partial charge in [0.15, 0.2) is 0 Å². The minimum absolute atomic E-state index is 0.210. The van der Waals surface area contributed by atoms with Gasteiger partial charge >= 0.3 is 6.36 Å². The van der Waals surface area contributed by atoms with Crippen molar-refractivity contribution in [1.82, 2.24) is 10.4 Å². The first kappa shape index (κ1) is 15.6. The molecule has 0 aliphatic heterocycles. The van der Waals surface area contributed by atoms with E-state index in [9.17, 15) is 13.2 Å². The lowest BCUT2D eigenvalue weighted by atomic mass is 9.99. The highest BCUT2D eigenvalue weighted by Crippen LogP contribution is 2.33. The van der Waals surface area contributed by atoms with Crippen LogP contribution in [0.3, 0.4) is 0 Å². The number of para-hydroxylation sites is 1. The van der Waals surface area contributed by atoms with Crippen LogP contribution < -0.4 is 16.0 Å². The minimum atomic E-state index is -4.79. The van der Waals surface area contributed by atoms with Crippen LogP contribution in [-0.2, 0) is 0 Å². The maximum atomic E-state index is 12.5. The van der Waals surface area contributed by atoms with Gasteiger partial charge in [0.05, 0.1) is 6.04 Å². The highest BCUT2D eigenvalue weighted by Gasteiger charge is 2.33. The lowest BCUT2D eigenvalue weighted by Gasteiger charge is -2.20. The number of alkyl halides is 3. The molecule has 112 valence electrons. The molecule has 0 fully saturated rings. The second-order valence-corrected chi connectivity index (χ2v) is 4.48. The van der Waals surface area contributed by atoms with Crippen LogP contribution in [0, 0.1) is 0 Å². The SMILES string of the molecule is NNC(c1ccnc(Cl)c1)c1ccccc1OC(F)(F)F. The topological polar surface area (TPSA) is 60.2 Å². The number of pyridine rings is 1. The van der Waals surface area contributed by atoms with Gasteiger partial charge in [-0.1, -0.05) is 29.8 Å². The zero-order chi connectivity index (χ0) is 15.5. The number of aromatic nitrogens is 1. The second kappa shape index (κ2) is 6.30. The summed E-state index contributed by atoms with van der Waals surface area (Å²) in [5.41, 5.74) is 3.26. The number of ether oxygens (including phenoxy) is 1. The Balaban J connectivity index is 2.43. The number of hydrogen-bond donors (Lipinski definition) is 2. The Labute approximate surface area is 123 Å². The molecule has 3 N–H and O–H groups in total. The van der Waals surface area contributed by atoms with E-state index in [-0.39, 0.29) is 16.5 Å². The fourth-order valence-electron chi connectivity index (χ4n) is 1.90. The quantitative estimate of drug-likeness (QED) is 0.516. The van der Waals surface area contributed by atoms with Crippen LogP contribution >= 0.6 is 11.6 Å². The first-order valence-corrected chi connectivity index (χ1v) is 6.21. The Bertz CT molecular complexity index is 622. The third-order valence-electron chi connectivity index (χ3n) is 2.71. The number of benzene rings is 1. The largest absolute Gasteiger partial charge is 0.573 e. The number of hydrogen-bond acceptors (Lipinski definition) is 4. The smallest absolute Gasteiger partial charge is 0.405 e. The molecule has 1 unspecified atom stereocenters. The van der Waals surface area contributed by atoms with Crippen molar-refractivity contribution < 1.29 is 17.9 Å². The molecule has 1 aromatic carbocycles. The average Bonchev–Trinajstić information content (AvgIpc) is 2.40. The normalized spacial score (nSPS) is 13.0. The second-order valence-electron chi connectivity index (χ2n) is 4.10. The number of halogens is 4. The van der Waals surface area contributed by atoms with E-state index in [1.54, 1.807) is 12.1 Å². The summed E-state index contributed by atoms with van der Waals surface area (Å²) in [4.78, 5) is 3.82. The maximum absolute atomic E-state index is 12.5. The van der Waals surface area contributed by atoms with Gasteiger partial charge in [0.1, 0.15) is 10.9 Å². The van der Waals surface area contributed by atoms with Gasteiger partial charge in [0, 0.05) is 11.8 Å². The Morgan fingerprint density at radius 2 is 1.95 bits per heavy atom. The van der Waals surface area contributed by atoms with Crippen LogP contribution in [0.4, 0.5) is 13.2 Å². The predicted molar refractivity (Wildman–Crippen MR) is 71.5 cm³/mol. The molecule has 2 rings (SSSR count). The molecule has 0 bridgehead atoms. The lowest BCUT2D eigenvalue weighted by molar-refractivity contribution is -0.275. The monoisotopic (exact) mass is 317 g/mol. The van der Waals surface area contributed by atoms with Gasteiger partial charge in [-0.25, -0.2) is 10.4 Å². The Morgan fingerprint density at radius 1 is 1.24 bits per heavy atom. The molecule has 0 saturated carbocycles. The molecule has 1 atom stereocenters. The molecule has 0 saturated heterocycles. The predicted octanol–water partition coefficient (Wildman–Crippen LogP) is 3.19. The summed E-state index contributed by atoms with van der Waals surface area (Å²) in [5.74, 6) is 5.14. The highest BCUT2D eigenvalue weighted by molar-refractivity contribution is 6.29. The number of hydrazine groups is 1. The van der Waals surface area contributed by atoms with Gasteiger partial charge in [-0.3, -0.25) is 5.84 Å². The highest BCUT2D eigenvalue weighted by atomic mass is 35.5. The van der Waals surface area contributed by atoms with Crippen LogP contribution in [0.1, 0.15) is 17.2 Å². The van der Waals surface area contributed by atoms with Gasteiger partial charge in [0.2, 0.25) is 0 Å². The number of nitrogens with one attached hydrogen (secondary N) is 1. The lowest BCUT2D eigenvalue weighted by Crippen LogP contribution is -2.30. The van der Waals surface area contributed by atoms with Crippen LogP contribution in [-0.4, -0.2) is 11.3 Å². The molecular weight excluding hydrogens is 307 g/mol. The van der Waals surface area contributed by atoms with E-state index in [1.165, 1.54) is 30.5 Å². The van der Waals surface area contributed by atoms with Crippen molar-refractivity contribution in [1.29, 1.82) is 0 Å². The van der Waals surface area contributed by atoms with Crippen LogP contribution in [0.5, 0.6) is 5.75 Å². The standard InChI is InChI=1S/C13H11ClF3N3O/c14-11-7-8(5-6-19-11)12(20-18)9-3-1-2-4-10(9)21-13(15,16)17/h1-7,12,20H,18H2. The molecule has 0 aliphatic carbocycles.